The Labute approximate surface area is 157 Å². The largest absolute Gasteiger partial charge is 0.338 e. The Hall–Kier alpha value is -2.85. The van der Waals surface area contributed by atoms with Crippen LogP contribution in [0.1, 0.15) is 18.5 Å². The van der Waals surface area contributed by atoms with Crippen LogP contribution in [-0.2, 0) is 14.8 Å². The number of hydrogen-bond donors (Lipinski definition) is 0. The van der Waals surface area contributed by atoms with Gasteiger partial charge in [-0.1, -0.05) is 12.1 Å². The third kappa shape index (κ3) is 4.66. The van der Waals surface area contributed by atoms with Gasteiger partial charge in [0.15, 0.2) is 0 Å². The molecule has 2 rings (SSSR count). The summed E-state index contributed by atoms with van der Waals surface area (Å²) in [6.45, 7) is 1.35. The summed E-state index contributed by atoms with van der Waals surface area (Å²) >= 11 is 0. The van der Waals surface area contributed by atoms with Gasteiger partial charge in [-0.2, -0.15) is 4.31 Å². The molecule has 27 heavy (non-hydrogen) atoms. The lowest BCUT2D eigenvalue weighted by Crippen LogP contribution is -2.40. The van der Waals surface area contributed by atoms with Gasteiger partial charge in [-0.25, -0.2) is 8.42 Å². The zero-order chi connectivity index (χ0) is 20.2. The molecular weight excluding hydrogens is 372 g/mol. The zero-order valence-corrected chi connectivity index (χ0v) is 16.0. The number of pyridine rings is 1. The second kappa shape index (κ2) is 8.23. The van der Waals surface area contributed by atoms with E-state index in [1.165, 1.54) is 55.7 Å². The molecule has 0 spiro atoms. The number of nitro benzene ring substituents is 1. The van der Waals surface area contributed by atoms with Crippen molar-refractivity contribution in [2.75, 3.05) is 20.6 Å². The van der Waals surface area contributed by atoms with Crippen LogP contribution >= 0.6 is 0 Å². The van der Waals surface area contributed by atoms with Crippen molar-refractivity contribution in [3.8, 4) is 0 Å². The van der Waals surface area contributed by atoms with Gasteiger partial charge >= 0.3 is 0 Å². The Bertz CT molecular complexity index is 933. The minimum Gasteiger partial charge on any atom is -0.338 e. The molecule has 0 aliphatic carbocycles. The third-order valence-electron chi connectivity index (χ3n) is 4.24. The van der Waals surface area contributed by atoms with Gasteiger partial charge in [0.2, 0.25) is 15.9 Å². The minimum absolute atomic E-state index is 0.00492. The van der Waals surface area contributed by atoms with Gasteiger partial charge in [0, 0.05) is 38.6 Å². The van der Waals surface area contributed by atoms with E-state index >= 15 is 0 Å². The van der Waals surface area contributed by atoms with E-state index in [1.807, 2.05) is 0 Å². The number of nitro groups is 1. The maximum absolute atomic E-state index is 12.5. The van der Waals surface area contributed by atoms with Crippen LogP contribution in [0.4, 0.5) is 5.69 Å². The molecule has 1 unspecified atom stereocenters. The first-order chi connectivity index (χ1) is 12.6. The number of carbonyl (C=O) groups excluding carboxylic acids is 1. The van der Waals surface area contributed by atoms with Crippen LogP contribution in [0.15, 0.2) is 53.7 Å². The van der Waals surface area contributed by atoms with Crippen molar-refractivity contribution in [3.05, 3.63) is 64.5 Å². The van der Waals surface area contributed by atoms with Gasteiger partial charge < -0.3 is 4.90 Å². The highest BCUT2D eigenvalue weighted by molar-refractivity contribution is 7.89. The topological polar surface area (TPSA) is 114 Å². The second-order valence-electron chi connectivity index (χ2n) is 5.98. The maximum Gasteiger partial charge on any atom is 0.269 e. The average Bonchev–Trinajstić information content (AvgIpc) is 2.67. The molecule has 0 aliphatic heterocycles. The SMILES string of the molecule is CC(c1cccc([N+](=O)[O-])c1)N(C)C(=O)CN(C)S(=O)(=O)c1cccnc1. The van der Waals surface area contributed by atoms with E-state index < -0.39 is 26.9 Å². The molecule has 1 aromatic heterocycles. The summed E-state index contributed by atoms with van der Waals surface area (Å²) in [7, 11) is -1.01. The van der Waals surface area contributed by atoms with Crippen molar-refractivity contribution in [1.82, 2.24) is 14.2 Å². The number of nitrogens with zero attached hydrogens (tertiary/aromatic N) is 4. The van der Waals surface area contributed by atoms with Crippen molar-refractivity contribution in [2.45, 2.75) is 17.9 Å². The molecule has 10 heteroatoms. The number of aromatic nitrogens is 1. The fourth-order valence-electron chi connectivity index (χ4n) is 2.40. The van der Waals surface area contributed by atoms with Gasteiger partial charge in [0.25, 0.3) is 5.69 Å². The quantitative estimate of drug-likeness (QED) is 0.525. The van der Waals surface area contributed by atoms with Crippen molar-refractivity contribution in [3.63, 3.8) is 0 Å². The highest BCUT2D eigenvalue weighted by atomic mass is 32.2. The number of amides is 1. The van der Waals surface area contributed by atoms with E-state index in [9.17, 15) is 23.3 Å². The fraction of sp³-hybridized carbons (Fsp3) is 0.294. The van der Waals surface area contributed by atoms with Crippen LogP contribution in [-0.4, -0.2) is 54.1 Å². The molecule has 0 bridgehead atoms. The molecular formula is C17H20N4O5S. The van der Waals surface area contributed by atoms with E-state index in [2.05, 4.69) is 4.98 Å². The van der Waals surface area contributed by atoms with Crippen molar-refractivity contribution >= 4 is 21.6 Å². The summed E-state index contributed by atoms with van der Waals surface area (Å²) in [5.74, 6) is -0.441. The van der Waals surface area contributed by atoms with E-state index in [-0.39, 0.29) is 17.1 Å². The Morgan fingerprint density at radius 1 is 1.26 bits per heavy atom. The normalized spacial score (nSPS) is 12.6. The maximum atomic E-state index is 12.5. The van der Waals surface area contributed by atoms with Crippen LogP contribution < -0.4 is 0 Å². The molecule has 9 nitrogen and oxygen atoms in total. The third-order valence-corrected chi connectivity index (χ3v) is 6.03. The smallest absolute Gasteiger partial charge is 0.269 e. The van der Waals surface area contributed by atoms with Gasteiger partial charge in [-0.3, -0.25) is 19.9 Å². The number of hydrogen-bond acceptors (Lipinski definition) is 6. The molecule has 0 saturated carbocycles. The monoisotopic (exact) mass is 392 g/mol. The summed E-state index contributed by atoms with van der Waals surface area (Å²) in [5.41, 5.74) is 0.509. The Morgan fingerprint density at radius 3 is 2.56 bits per heavy atom. The molecule has 2 aromatic rings. The van der Waals surface area contributed by atoms with Crippen molar-refractivity contribution in [1.29, 1.82) is 0 Å². The van der Waals surface area contributed by atoms with Crippen LogP contribution in [0.5, 0.6) is 0 Å². The Kier molecular flexibility index (Phi) is 6.24. The van der Waals surface area contributed by atoms with Gasteiger partial charge in [-0.05, 0) is 24.6 Å². The summed E-state index contributed by atoms with van der Waals surface area (Å²) in [6, 6.07) is 8.42. The predicted octanol–water partition coefficient (Wildman–Crippen LogP) is 1.83. The summed E-state index contributed by atoms with van der Waals surface area (Å²) in [6.07, 6.45) is 2.67. The number of benzene rings is 1. The predicted molar refractivity (Wildman–Crippen MR) is 98.3 cm³/mol. The van der Waals surface area contributed by atoms with E-state index in [4.69, 9.17) is 0 Å². The minimum atomic E-state index is -3.84. The molecule has 0 fully saturated rings. The van der Waals surface area contributed by atoms with Crippen LogP contribution in [0.3, 0.4) is 0 Å². The average molecular weight is 392 g/mol. The highest BCUT2D eigenvalue weighted by Gasteiger charge is 2.26. The first kappa shape index (κ1) is 20.5. The number of non-ortho nitro benzene ring substituents is 1. The number of rotatable bonds is 7. The van der Waals surface area contributed by atoms with Gasteiger partial charge in [0.05, 0.1) is 17.5 Å². The molecule has 144 valence electrons. The number of carbonyl (C=O) groups is 1. The van der Waals surface area contributed by atoms with Crippen molar-refractivity contribution < 1.29 is 18.1 Å². The van der Waals surface area contributed by atoms with E-state index in [1.54, 1.807) is 19.1 Å². The lowest BCUT2D eigenvalue weighted by atomic mass is 10.1. The van der Waals surface area contributed by atoms with Gasteiger partial charge in [0.1, 0.15) is 4.90 Å². The van der Waals surface area contributed by atoms with Crippen LogP contribution in [0.2, 0.25) is 0 Å². The van der Waals surface area contributed by atoms with Crippen LogP contribution in [0.25, 0.3) is 0 Å². The number of sulfonamides is 1. The molecule has 0 aliphatic rings. The first-order valence-electron chi connectivity index (χ1n) is 8.01. The fourth-order valence-corrected chi connectivity index (χ4v) is 3.49. The molecule has 0 saturated heterocycles. The van der Waals surface area contributed by atoms with Crippen LogP contribution in [0, 0.1) is 10.1 Å². The van der Waals surface area contributed by atoms with Gasteiger partial charge in [-0.15, -0.1) is 0 Å². The first-order valence-corrected chi connectivity index (χ1v) is 9.45. The summed E-state index contributed by atoms with van der Waals surface area (Å²) in [4.78, 5) is 28.1. The Balaban J connectivity index is 2.13. The summed E-state index contributed by atoms with van der Waals surface area (Å²) in [5, 5.41) is 10.9. The molecule has 1 atom stereocenters. The molecule has 1 aromatic carbocycles. The Morgan fingerprint density at radius 2 is 1.96 bits per heavy atom. The van der Waals surface area contributed by atoms with Crippen molar-refractivity contribution in [2.24, 2.45) is 0 Å². The lowest BCUT2D eigenvalue weighted by Gasteiger charge is -2.27. The molecule has 1 heterocycles. The van der Waals surface area contributed by atoms with E-state index in [0.29, 0.717) is 5.56 Å². The molecule has 1 amide bonds. The highest BCUT2D eigenvalue weighted by Crippen LogP contribution is 2.23. The molecule has 0 N–H and O–H groups in total. The standard InChI is InChI=1S/C17H20N4O5S/c1-13(14-6-4-7-15(10-14)21(23)24)20(3)17(22)12-19(2)27(25,26)16-8-5-9-18-11-16/h4-11,13H,12H2,1-3H3. The number of likely N-dealkylation sites (N-methyl/N-ethyl adjacent to an activating group) is 2. The summed E-state index contributed by atoms with van der Waals surface area (Å²) < 4.78 is 25.9. The molecule has 0 radical (unpaired) electrons. The zero-order valence-electron chi connectivity index (χ0n) is 15.1. The lowest BCUT2D eigenvalue weighted by molar-refractivity contribution is -0.384. The van der Waals surface area contributed by atoms with E-state index in [0.717, 1.165) is 4.31 Å². The second-order valence-corrected chi connectivity index (χ2v) is 8.03.